The topological polar surface area (TPSA) is 21.3 Å². The van der Waals surface area contributed by atoms with Crippen molar-refractivity contribution in [1.29, 1.82) is 0 Å². The summed E-state index contributed by atoms with van der Waals surface area (Å²) < 4.78 is 5.84. The predicted molar refractivity (Wildman–Crippen MR) is 93.8 cm³/mol. The van der Waals surface area contributed by atoms with Crippen LogP contribution in [0, 0.1) is 13.8 Å². The number of hydrogen-bond donors (Lipinski definition) is 1. The third kappa shape index (κ3) is 3.40. The first-order valence-electron chi connectivity index (χ1n) is 7.65. The highest BCUT2D eigenvalue weighted by Gasteiger charge is 2.00. The number of fused-ring (bicyclic) bond motifs is 1. The summed E-state index contributed by atoms with van der Waals surface area (Å²) >= 11 is 0. The second-order valence-electron chi connectivity index (χ2n) is 5.63. The molecule has 0 unspecified atom stereocenters. The summed E-state index contributed by atoms with van der Waals surface area (Å²) in [6.07, 6.45) is 0. The molecular weight excluding hydrogens is 270 g/mol. The van der Waals surface area contributed by atoms with Gasteiger partial charge < -0.3 is 10.1 Å². The van der Waals surface area contributed by atoms with E-state index in [9.17, 15) is 0 Å². The molecule has 3 aromatic carbocycles. The van der Waals surface area contributed by atoms with Crippen LogP contribution in [0.3, 0.4) is 0 Å². The maximum atomic E-state index is 5.84. The van der Waals surface area contributed by atoms with Gasteiger partial charge in [0.05, 0.1) is 0 Å². The van der Waals surface area contributed by atoms with Gasteiger partial charge in [-0.15, -0.1) is 0 Å². The zero-order valence-electron chi connectivity index (χ0n) is 13.1. The van der Waals surface area contributed by atoms with E-state index < -0.39 is 0 Å². The van der Waals surface area contributed by atoms with Gasteiger partial charge in [-0.05, 0) is 48.6 Å². The van der Waals surface area contributed by atoms with Crippen LogP contribution < -0.4 is 10.1 Å². The summed E-state index contributed by atoms with van der Waals surface area (Å²) in [7, 11) is 0. The molecule has 0 heterocycles. The van der Waals surface area contributed by atoms with Gasteiger partial charge in [0, 0.05) is 17.6 Å². The van der Waals surface area contributed by atoms with Gasteiger partial charge in [0.2, 0.25) is 0 Å². The lowest BCUT2D eigenvalue weighted by molar-refractivity contribution is 0.332. The Hall–Kier alpha value is -2.48. The zero-order valence-corrected chi connectivity index (χ0v) is 13.1. The van der Waals surface area contributed by atoms with Crippen LogP contribution in [0.1, 0.15) is 11.1 Å². The van der Waals surface area contributed by atoms with Gasteiger partial charge in [0.25, 0.3) is 0 Å². The van der Waals surface area contributed by atoms with E-state index in [0.717, 1.165) is 18.0 Å². The molecule has 0 radical (unpaired) electrons. The number of hydrogen-bond acceptors (Lipinski definition) is 2. The van der Waals surface area contributed by atoms with Gasteiger partial charge >= 0.3 is 0 Å². The molecule has 1 N–H and O–H groups in total. The molecule has 22 heavy (non-hydrogen) atoms. The van der Waals surface area contributed by atoms with Crippen molar-refractivity contribution in [3.63, 3.8) is 0 Å². The molecule has 0 aliphatic carbocycles. The summed E-state index contributed by atoms with van der Waals surface area (Å²) in [6.45, 7) is 5.61. The first-order valence-corrected chi connectivity index (χ1v) is 7.65. The lowest BCUT2D eigenvalue weighted by Gasteiger charge is -2.11. The van der Waals surface area contributed by atoms with Crippen LogP contribution in [0.5, 0.6) is 5.75 Å². The van der Waals surface area contributed by atoms with Crippen molar-refractivity contribution in [2.75, 3.05) is 18.5 Å². The lowest BCUT2D eigenvalue weighted by atomic mass is 10.1. The molecule has 0 aliphatic heterocycles. The largest absolute Gasteiger partial charge is 0.492 e. The van der Waals surface area contributed by atoms with E-state index in [4.69, 9.17) is 4.74 Å². The Bertz CT molecular complexity index is 754. The number of anilines is 1. The molecule has 0 saturated heterocycles. The highest BCUT2D eigenvalue weighted by molar-refractivity contribution is 5.93. The highest BCUT2D eigenvalue weighted by atomic mass is 16.5. The second-order valence-corrected chi connectivity index (χ2v) is 5.63. The molecule has 0 fully saturated rings. The van der Waals surface area contributed by atoms with Crippen LogP contribution in [0.2, 0.25) is 0 Å². The summed E-state index contributed by atoms with van der Waals surface area (Å²) in [4.78, 5) is 0. The Morgan fingerprint density at radius 1 is 0.864 bits per heavy atom. The van der Waals surface area contributed by atoms with Crippen LogP contribution in [0.25, 0.3) is 10.8 Å². The SMILES string of the molecule is Cc1cc(C)cc(OCCNc2cccc3ccccc23)c1. The van der Waals surface area contributed by atoms with Gasteiger partial charge in [-0.2, -0.15) is 0 Å². The molecule has 2 heteroatoms. The fraction of sp³-hybridized carbons (Fsp3) is 0.200. The molecule has 0 bridgehead atoms. The van der Waals surface area contributed by atoms with Crippen molar-refractivity contribution >= 4 is 16.5 Å². The fourth-order valence-corrected chi connectivity index (χ4v) is 2.75. The molecule has 3 rings (SSSR count). The first kappa shape index (κ1) is 14.5. The van der Waals surface area contributed by atoms with Crippen molar-refractivity contribution in [1.82, 2.24) is 0 Å². The molecule has 0 aliphatic rings. The van der Waals surface area contributed by atoms with Gasteiger partial charge in [0.15, 0.2) is 0 Å². The zero-order chi connectivity index (χ0) is 15.4. The van der Waals surface area contributed by atoms with Crippen molar-refractivity contribution < 1.29 is 4.74 Å². The Labute approximate surface area is 131 Å². The Balaban J connectivity index is 1.61. The van der Waals surface area contributed by atoms with E-state index in [-0.39, 0.29) is 0 Å². The molecule has 2 nitrogen and oxygen atoms in total. The number of rotatable bonds is 5. The van der Waals surface area contributed by atoms with Crippen LogP contribution >= 0.6 is 0 Å². The van der Waals surface area contributed by atoms with Gasteiger partial charge in [-0.3, -0.25) is 0 Å². The minimum Gasteiger partial charge on any atom is -0.492 e. The average Bonchev–Trinajstić information content (AvgIpc) is 2.51. The molecule has 3 aromatic rings. The number of benzene rings is 3. The molecule has 0 saturated carbocycles. The lowest BCUT2D eigenvalue weighted by Crippen LogP contribution is -2.11. The average molecular weight is 291 g/mol. The monoisotopic (exact) mass is 291 g/mol. The highest BCUT2D eigenvalue weighted by Crippen LogP contribution is 2.22. The van der Waals surface area contributed by atoms with Crippen molar-refractivity contribution in [2.24, 2.45) is 0 Å². The van der Waals surface area contributed by atoms with E-state index in [1.165, 1.54) is 21.9 Å². The van der Waals surface area contributed by atoms with Gasteiger partial charge in [-0.1, -0.05) is 42.5 Å². The molecule has 112 valence electrons. The Morgan fingerprint density at radius 3 is 2.41 bits per heavy atom. The number of aryl methyl sites for hydroxylation is 2. The van der Waals surface area contributed by atoms with E-state index in [1.54, 1.807) is 0 Å². The standard InChI is InChI=1S/C20H21NO/c1-15-12-16(2)14-18(13-15)22-11-10-21-20-9-5-7-17-6-3-4-8-19(17)20/h3-9,12-14,21H,10-11H2,1-2H3. The van der Waals surface area contributed by atoms with Crippen LogP contribution in [-0.4, -0.2) is 13.2 Å². The molecular formula is C20H21NO. The quantitative estimate of drug-likeness (QED) is 0.672. The van der Waals surface area contributed by atoms with E-state index in [0.29, 0.717) is 6.61 Å². The Morgan fingerprint density at radius 2 is 1.59 bits per heavy atom. The van der Waals surface area contributed by atoms with Crippen LogP contribution in [-0.2, 0) is 0 Å². The summed E-state index contributed by atoms with van der Waals surface area (Å²) in [6, 6.07) is 21.0. The second kappa shape index (κ2) is 6.52. The fourth-order valence-electron chi connectivity index (χ4n) is 2.75. The number of nitrogens with one attached hydrogen (secondary N) is 1. The van der Waals surface area contributed by atoms with Gasteiger partial charge in [-0.25, -0.2) is 0 Å². The normalized spacial score (nSPS) is 10.6. The van der Waals surface area contributed by atoms with Crippen LogP contribution in [0.15, 0.2) is 60.7 Å². The third-order valence-electron chi connectivity index (χ3n) is 3.67. The van der Waals surface area contributed by atoms with E-state index in [2.05, 4.69) is 79.8 Å². The maximum absolute atomic E-state index is 5.84. The van der Waals surface area contributed by atoms with Crippen LogP contribution in [0.4, 0.5) is 5.69 Å². The summed E-state index contributed by atoms with van der Waals surface area (Å²) in [5, 5.41) is 5.96. The first-order chi connectivity index (χ1) is 10.7. The maximum Gasteiger partial charge on any atom is 0.119 e. The molecule has 0 aromatic heterocycles. The van der Waals surface area contributed by atoms with Gasteiger partial charge in [0.1, 0.15) is 12.4 Å². The molecule has 0 amide bonds. The van der Waals surface area contributed by atoms with Crippen molar-refractivity contribution in [3.8, 4) is 5.75 Å². The summed E-state index contributed by atoms with van der Waals surface area (Å²) in [5.74, 6) is 0.942. The summed E-state index contributed by atoms with van der Waals surface area (Å²) in [5.41, 5.74) is 3.62. The van der Waals surface area contributed by atoms with Crippen molar-refractivity contribution in [3.05, 3.63) is 71.8 Å². The predicted octanol–water partition coefficient (Wildman–Crippen LogP) is 4.95. The molecule has 0 spiro atoms. The minimum absolute atomic E-state index is 0.645. The Kier molecular flexibility index (Phi) is 4.29. The third-order valence-corrected chi connectivity index (χ3v) is 3.67. The van der Waals surface area contributed by atoms with Crippen molar-refractivity contribution in [2.45, 2.75) is 13.8 Å². The smallest absolute Gasteiger partial charge is 0.119 e. The number of ether oxygens (including phenoxy) is 1. The van der Waals surface area contributed by atoms with E-state index >= 15 is 0 Å². The van der Waals surface area contributed by atoms with E-state index in [1.807, 2.05) is 0 Å². The minimum atomic E-state index is 0.645. The molecule has 0 atom stereocenters.